The van der Waals surface area contributed by atoms with Crippen molar-refractivity contribution in [2.45, 2.75) is 24.4 Å². The molecule has 0 radical (unpaired) electrons. The van der Waals surface area contributed by atoms with E-state index in [9.17, 15) is 17.6 Å². The smallest absolute Gasteiger partial charge is 0.244 e. The fraction of sp³-hybridized carbons (Fsp3) is 0.136. The van der Waals surface area contributed by atoms with Gasteiger partial charge in [0.05, 0.1) is 6.04 Å². The molecule has 156 valence electrons. The maximum absolute atomic E-state index is 13.8. The van der Waals surface area contributed by atoms with E-state index in [-0.39, 0.29) is 6.54 Å². The molecule has 1 atom stereocenters. The zero-order chi connectivity index (χ0) is 21.6. The van der Waals surface area contributed by atoms with Gasteiger partial charge in [-0.25, -0.2) is 12.8 Å². The van der Waals surface area contributed by atoms with Crippen molar-refractivity contribution in [1.29, 1.82) is 0 Å². The Morgan fingerprint density at radius 1 is 0.967 bits per heavy atom. The maximum atomic E-state index is 13.8. The van der Waals surface area contributed by atoms with Crippen LogP contribution >= 0.6 is 0 Å². The molecule has 3 rings (SSSR count). The number of hydrogen-bond donors (Lipinski definition) is 2. The average Bonchev–Trinajstić information content (AvgIpc) is 2.73. The van der Waals surface area contributed by atoms with Crippen LogP contribution < -0.4 is 14.8 Å². The molecule has 6 nitrogen and oxygen atoms in total. The van der Waals surface area contributed by atoms with Gasteiger partial charge in [-0.1, -0.05) is 48.5 Å². The summed E-state index contributed by atoms with van der Waals surface area (Å²) in [6, 6.07) is 20.3. The molecular formula is C22H21FN2O4S. The van der Waals surface area contributed by atoms with Gasteiger partial charge in [0, 0.05) is 12.1 Å². The van der Waals surface area contributed by atoms with Gasteiger partial charge in [-0.15, -0.1) is 0 Å². The number of halogens is 1. The first-order chi connectivity index (χ1) is 14.4. The van der Waals surface area contributed by atoms with E-state index >= 15 is 0 Å². The third-order valence-electron chi connectivity index (χ3n) is 4.25. The second-order valence-corrected chi connectivity index (χ2v) is 8.20. The van der Waals surface area contributed by atoms with Crippen LogP contribution in [0.4, 0.5) is 4.39 Å². The molecule has 0 aliphatic carbocycles. The third kappa shape index (κ3) is 5.43. The number of nitrogens with one attached hydrogen (secondary N) is 2. The Hall–Kier alpha value is -3.23. The number of hydrogen-bond acceptors (Lipinski definition) is 4. The number of carbonyl (C=O) groups excluding carboxylic acids is 1. The Labute approximate surface area is 174 Å². The standard InChI is InChI=1S/C22H21FN2O4S/c1-16(25-30(27,28)21-14-8-6-12-19(21)23)22(26)24-15-17-9-5-7-13-20(17)29-18-10-3-2-4-11-18/h2-14,16,25H,15H2,1H3,(H,24,26)/t16-/m0/s1. The van der Waals surface area contributed by atoms with Gasteiger partial charge in [-0.3, -0.25) is 4.79 Å². The molecule has 0 aliphatic rings. The van der Waals surface area contributed by atoms with Gasteiger partial charge in [0.25, 0.3) is 0 Å². The van der Waals surface area contributed by atoms with Gasteiger partial charge in [-0.05, 0) is 37.3 Å². The first-order valence-electron chi connectivity index (χ1n) is 9.22. The van der Waals surface area contributed by atoms with Crippen molar-refractivity contribution < 1.29 is 22.3 Å². The Bertz CT molecular complexity index is 1120. The largest absolute Gasteiger partial charge is 0.457 e. The fourth-order valence-corrected chi connectivity index (χ4v) is 3.99. The lowest BCUT2D eigenvalue weighted by atomic mass is 10.2. The topological polar surface area (TPSA) is 84.5 Å². The highest BCUT2D eigenvalue weighted by molar-refractivity contribution is 7.89. The Kier molecular flexibility index (Phi) is 6.81. The highest BCUT2D eigenvalue weighted by Crippen LogP contribution is 2.24. The van der Waals surface area contributed by atoms with E-state index in [4.69, 9.17) is 4.74 Å². The molecule has 0 spiro atoms. The Morgan fingerprint density at radius 3 is 2.33 bits per heavy atom. The second-order valence-electron chi connectivity index (χ2n) is 6.51. The van der Waals surface area contributed by atoms with Crippen LogP contribution in [0, 0.1) is 5.82 Å². The first kappa shape index (κ1) is 21.5. The van der Waals surface area contributed by atoms with Crippen LogP contribution in [-0.4, -0.2) is 20.4 Å². The average molecular weight is 428 g/mol. The molecule has 2 N–H and O–H groups in total. The number of rotatable bonds is 8. The highest BCUT2D eigenvalue weighted by atomic mass is 32.2. The van der Waals surface area contributed by atoms with Crippen molar-refractivity contribution in [1.82, 2.24) is 10.0 Å². The van der Waals surface area contributed by atoms with E-state index in [1.165, 1.54) is 19.1 Å². The summed E-state index contributed by atoms with van der Waals surface area (Å²) in [7, 11) is -4.18. The van der Waals surface area contributed by atoms with Gasteiger partial charge in [-0.2, -0.15) is 4.72 Å². The van der Waals surface area contributed by atoms with Crippen LogP contribution in [0.25, 0.3) is 0 Å². The van der Waals surface area contributed by atoms with E-state index in [1.54, 1.807) is 12.1 Å². The van der Waals surface area contributed by atoms with Gasteiger partial charge >= 0.3 is 0 Å². The van der Waals surface area contributed by atoms with E-state index in [1.807, 2.05) is 42.5 Å². The minimum absolute atomic E-state index is 0.133. The van der Waals surface area contributed by atoms with Crippen molar-refractivity contribution in [3.8, 4) is 11.5 Å². The highest BCUT2D eigenvalue weighted by Gasteiger charge is 2.24. The SMILES string of the molecule is C[C@H](NS(=O)(=O)c1ccccc1F)C(=O)NCc1ccccc1Oc1ccccc1. The predicted octanol–water partition coefficient (Wildman–Crippen LogP) is 3.60. The summed E-state index contributed by atoms with van der Waals surface area (Å²) in [5.74, 6) is -0.208. The minimum atomic E-state index is -4.18. The lowest BCUT2D eigenvalue weighted by molar-refractivity contribution is -0.122. The van der Waals surface area contributed by atoms with E-state index in [0.29, 0.717) is 11.5 Å². The van der Waals surface area contributed by atoms with Crippen molar-refractivity contribution in [3.05, 3.63) is 90.2 Å². The summed E-state index contributed by atoms with van der Waals surface area (Å²) in [4.78, 5) is 11.9. The van der Waals surface area contributed by atoms with Gasteiger partial charge in [0.1, 0.15) is 22.2 Å². The quantitative estimate of drug-likeness (QED) is 0.574. The van der Waals surface area contributed by atoms with Crippen LogP contribution in [-0.2, 0) is 21.4 Å². The number of amides is 1. The van der Waals surface area contributed by atoms with Gasteiger partial charge < -0.3 is 10.1 Å². The summed E-state index contributed by atoms with van der Waals surface area (Å²) >= 11 is 0. The van der Waals surface area contributed by atoms with Crippen LogP contribution in [0.1, 0.15) is 12.5 Å². The molecule has 0 fully saturated rings. The summed E-state index contributed by atoms with van der Waals surface area (Å²) in [6.07, 6.45) is 0. The molecule has 0 saturated carbocycles. The number of para-hydroxylation sites is 2. The molecule has 8 heteroatoms. The van der Waals surface area contributed by atoms with Crippen molar-refractivity contribution in [2.75, 3.05) is 0 Å². The molecule has 0 aliphatic heterocycles. The molecular weight excluding hydrogens is 407 g/mol. The zero-order valence-electron chi connectivity index (χ0n) is 16.2. The number of ether oxygens (including phenoxy) is 1. The summed E-state index contributed by atoms with van der Waals surface area (Å²) < 4.78 is 46.5. The Morgan fingerprint density at radius 2 is 1.60 bits per heavy atom. The summed E-state index contributed by atoms with van der Waals surface area (Å²) in [5, 5.41) is 2.67. The van der Waals surface area contributed by atoms with Gasteiger partial charge in [0.15, 0.2) is 0 Å². The van der Waals surface area contributed by atoms with Gasteiger partial charge in [0.2, 0.25) is 15.9 Å². The van der Waals surface area contributed by atoms with Crippen molar-refractivity contribution in [3.63, 3.8) is 0 Å². The second kappa shape index (κ2) is 9.51. The monoisotopic (exact) mass is 428 g/mol. The normalized spacial score (nSPS) is 12.2. The van der Waals surface area contributed by atoms with Crippen LogP contribution in [0.15, 0.2) is 83.8 Å². The first-order valence-corrected chi connectivity index (χ1v) is 10.7. The number of carbonyl (C=O) groups is 1. The molecule has 0 bridgehead atoms. The van der Waals surface area contributed by atoms with E-state index in [0.717, 1.165) is 17.7 Å². The molecule has 0 saturated heterocycles. The van der Waals surface area contributed by atoms with Crippen LogP contribution in [0.2, 0.25) is 0 Å². The lowest BCUT2D eigenvalue weighted by Crippen LogP contribution is -2.44. The zero-order valence-corrected chi connectivity index (χ0v) is 17.0. The fourth-order valence-electron chi connectivity index (χ4n) is 2.71. The van der Waals surface area contributed by atoms with Crippen molar-refractivity contribution >= 4 is 15.9 Å². The number of benzene rings is 3. The lowest BCUT2D eigenvalue weighted by Gasteiger charge is -2.16. The molecule has 3 aromatic rings. The summed E-state index contributed by atoms with van der Waals surface area (Å²) in [6.45, 7) is 1.52. The minimum Gasteiger partial charge on any atom is -0.457 e. The molecule has 1 amide bonds. The predicted molar refractivity (Wildman–Crippen MR) is 111 cm³/mol. The van der Waals surface area contributed by atoms with E-state index in [2.05, 4.69) is 10.0 Å². The van der Waals surface area contributed by atoms with Crippen LogP contribution in [0.3, 0.4) is 0 Å². The molecule has 0 unspecified atom stereocenters. The Balaban J connectivity index is 1.64. The van der Waals surface area contributed by atoms with Crippen LogP contribution in [0.5, 0.6) is 11.5 Å². The van der Waals surface area contributed by atoms with Crippen molar-refractivity contribution in [2.24, 2.45) is 0 Å². The number of sulfonamides is 1. The maximum Gasteiger partial charge on any atom is 0.244 e. The third-order valence-corrected chi connectivity index (χ3v) is 5.82. The molecule has 0 aromatic heterocycles. The molecule has 30 heavy (non-hydrogen) atoms. The summed E-state index contributed by atoms with van der Waals surface area (Å²) in [5.41, 5.74) is 0.721. The van der Waals surface area contributed by atoms with E-state index < -0.39 is 32.7 Å². The molecule has 0 heterocycles. The molecule has 3 aromatic carbocycles.